The van der Waals surface area contributed by atoms with Crippen molar-refractivity contribution in [2.45, 2.75) is 78.9 Å². The van der Waals surface area contributed by atoms with Gasteiger partial charge in [0.25, 0.3) is 0 Å². The molecule has 23 heavy (non-hydrogen) atoms. The van der Waals surface area contributed by atoms with Gasteiger partial charge in [0.1, 0.15) is 5.82 Å². The molecular weight excluding hydrogens is 282 g/mol. The average molecular weight is 318 g/mol. The van der Waals surface area contributed by atoms with Crippen LogP contribution in [-0.4, -0.2) is 35.1 Å². The molecule has 1 atom stereocenters. The van der Waals surface area contributed by atoms with E-state index in [1.807, 2.05) is 6.20 Å². The Morgan fingerprint density at radius 3 is 2.43 bits per heavy atom. The summed E-state index contributed by atoms with van der Waals surface area (Å²) >= 11 is 0. The number of rotatable bonds is 6. The second kappa shape index (κ2) is 8.14. The molecule has 2 rings (SSSR count). The van der Waals surface area contributed by atoms with Crippen LogP contribution in [0.2, 0.25) is 0 Å². The summed E-state index contributed by atoms with van der Waals surface area (Å²) in [5, 5.41) is 0. The van der Waals surface area contributed by atoms with Crippen molar-refractivity contribution in [1.82, 2.24) is 9.88 Å². The van der Waals surface area contributed by atoms with Gasteiger partial charge in [-0.2, -0.15) is 0 Å². The quantitative estimate of drug-likeness (QED) is 0.745. The van der Waals surface area contributed by atoms with Crippen LogP contribution in [0, 0.1) is 5.92 Å². The van der Waals surface area contributed by atoms with E-state index in [9.17, 15) is 0 Å². The van der Waals surface area contributed by atoms with Crippen molar-refractivity contribution < 1.29 is 0 Å². The fourth-order valence-corrected chi connectivity index (χ4v) is 4.00. The van der Waals surface area contributed by atoms with Crippen LogP contribution < -0.4 is 4.90 Å². The van der Waals surface area contributed by atoms with Crippen LogP contribution in [0.1, 0.15) is 72.4 Å². The van der Waals surface area contributed by atoms with Gasteiger partial charge in [-0.25, -0.2) is 4.98 Å². The van der Waals surface area contributed by atoms with Gasteiger partial charge in [0.2, 0.25) is 0 Å². The Morgan fingerprint density at radius 1 is 1.13 bits per heavy atom. The highest BCUT2D eigenvalue weighted by atomic mass is 15.2. The Hall–Kier alpha value is -1.09. The molecule has 0 amide bonds. The normalized spacial score (nSPS) is 19.8. The fraction of sp³-hybridized carbons (Fsp3) is 0.750. The zero-order chi connectivity index (χ0) is 17.0. The van der Waals surface area contributed by atoms with Crippen LogP contribution in [0.15, 0.2) is 18.3 Å². The van der Waals surface area contributed by atoms with Gasteiger partial charge < -0.3 is 4.90 Å². The zero-order valence-corrected chi connectivity index (χ0v) is 15.9. The maximum absolute atomic E-state index is 4.81. The molecule has 1 aliphatic rings. The minimum Gasteiger partial charge on any atom is -0.351 e. The van der Waals surface area contributed by atoms with Crippen molar-refractivity contribution in [3.8, 4) is 0 Å². The molecule has 1 saturated heterocycles. The molecule has 0 aromatic carbocycles. The van der Waals surface area contributed by atoms with Gasteiger partial charge >= 0.3 is 0 Å². The van der Waals surface area contributed by atoms with Crippen LogP contribution in [0.3, 0.4) is 0 Å². The first-order valence-electron chi connectivity index (χ1n) is 9.39. The van der Waals surface area contributed by atoms with E-state index in [4.69, 9.17) is 4.98 Å². The summed E-state index contributed by atoms with van der Waals surface area (Å²) < 4.78 is 0. The second-order valence-corrected chi connectivity index (χ2v) is 7.91. The highest BCUT2D eigenvalue weighted by molar-refractivity contribution is 5.50. The Labute approximate surface area is 143 Å². The number of pyridine rings is 1. The van der Waals surface area contributed by atoms with Crippen molar-refractivity contribution in [2.24, 2.45) is 5.92 Å². The van der Waals surface area contributed by atoms with Gasteiger partial charge in [-0.1, -0.05) is 26.3 Å². The molecule has 1 fully saturated rings. The van der Waals surface area contributed by atoms with E-state index in [1.165, 1.54) is 43.7 Å². The number of anilines is 1. The first kappa shape index (κ1) is 18.3. The van der Waals surface area contributed by atoms with Crippen molar-refractivity contribution in [2.75, 3.05) is 18.0 Å². The summed E-state index contributed by atoms with van der Waals surface area (Å²) in [7, 11) is 0. The minimum absolute atomic E-state index is 0.464. The molecule has 1 aliphatic heterocycles. The standard InChI is InChI=1S/C20H35N3/c1-15(2)14-22-13-8-7-11-19(22)18-10-9-12-21-20(18)23(16(3)4)17(5)6/h9-10,12,15-17,19H,7-8,11,13-14H2,1-6H3/t19-/m0/s1. The lowest BCUT2D eigenvalue weighted by Crippen LogP contribution is -2.41. The van der Waals surface area contributed by atoms with Gasteiger partial charge in [-0.05, 0) is 59.1 Å². The molecule has 130 valence electrons. The summed E-state index contributed by atoms with van der Waals surface area (Å²) in [5.41, 5.74) is 1.43. The first-order chi connectivity index (χ1) is 10.9. The number of hydrogen-bond acceptors (Lipinski definition) is 3. The largest absolute Gasteiger partial charge is 0.351 e. The van der Waals surface area contributed by atoms with Crippen LogP contribution >= 0.6 is 0 Å². The topological polar surface area (TPSA) is 19.4 Å². The molecule has 3 nitrogen and oxygen atoms in total. The molecule has 0 radical (unpaired) electrons. The molecule has 2 heterocycles. The van der Waals surface area contributed by atoms with E-state index in [0.717, 1.165) is 0 Å². The average Bonchev–Trinajstić information content (AvgIpc) is 2.47. The lowest BCUT2D eigenvalue weighted by Gasteiger charge is -2.40. The number of aromatic nitrogens is 1. The maximum atomic E-state index is 4.81. The van der Waals surface area contributed by atoms with E-state index < -0.39 is 0 Å². The summed E-state index contributed by atoms with van der Waals surface area (Å²) in [6, 6.07) is 5.87. The van der Waals surface area contributed by atoms with E-state index in [2.05, 4.69) is 63.5 Å². The number of likely N-dealkylation sites (tertiary alicyclic amines) is 1. The monoisotopic (exact) mass is 317 g/mol. The highest BCUT2D eigenvalue weighted by Crippen LogP contribution is 2.36. The molecule has 0 bridgehead atoms. The van der Waals surface area contributed by atoms with Crippen molar-refractivity contribution >= 4 is 5.82 Å². The van der Waals surface area contributed by atoms with Crippen LogP contribution in [0.25, 0.3) is 0 Å². The second-order valence-electron chi connectivity index (χ2n) is 7.91. The Bertz CT molecular complexity index is 474. The highest BCUT2D eigenvalue weighted by Gasteiger charge is 2.29. The van der Waals surface area contributed by atoms with E-state index in [0.29, 0.717) is 24.0 Å². The van der Waals surface area contributed by atoms with Crippen LogP contribution in [-0.2, 0) is 0 Å². The van der Waals surface area contributed by atoms with Crippen LogP contribution in [0.4, 0.5) is 5.82 Å². The van der Waals surface area contributed by atoms with E-state index in [-0.39, 0.29) is 0 Å². The molecule has 0 N–H and O–H groups in total. The zero-order valence-electron chi connectivity index (χ0n) is 15.9. The van der Waals surface area contributed by atoms with E-state index in [1.54, 1.807) is 0 Å². The molecule has 0 aliphatic carbocycles. The molecule has 0 spiro atoms. The molecule has 0 unspecified atom stereocenters. The number of piperidine rings is 1. The predicted octanol–water partition coefficient (Wildman–Crippen LogP) is 4.89. The SMILES string of the molecule is CC(C)CN1CCCC[C@H]1c1cccnc1N(C(C)C)C(C)C. The van der Waals surface area contributed by atoms with Gasteiger partial charge in [-0.15, -0.1) is 0 Å². The molecular formula is C20H35N3. The Balaban J connectivity index is 2.37. The minimum atomic E-state index is 0.464. The summed E-state index contributed by atoms with van der Waals surface area (Å²) in [6.07, 6.45) is 5.87. The molecule has 3 heteroatoms. The Kier molecular flexibility index (Phi) is 6.46. The number of hydrogen-bond donors (Lipinski definition) is 0. The third-order valence-electron chi connectivity index (χ3n) is 4.75. The van der Waals surface area contributed by atoms with Crippen LogP contribution in [0.5, 0.6) is 0 Å². The fourth-order valence-electron chi connectivity index (χ4n) is 4.00. The Morgan fingerprint density at radius 2 is 1.83 bits per heavy atom. The first-order valence-corrected chi connectivity index (χ1v) is 9.39. The summed E-state index contributed by atoms with van der Waals surface area (Å²) in [5.74, 6) is 1.90. The van der Waals surface area contributed by atoms with E-state index >= 15 is 0 Å². The van der Waals surface area contributed by atoms with Crippen molar-refractivity contribution in [1.29, 1.82) is 0 Å². The van der Waals surface area contributed by atoms with Gasteiger partial charge in [0.05, 0.1) is 0 Å². The molecule has 0 saturated carbocycles. The van der Waals surface area contributed by atoms with Crippen molar-refractivity contribution in [3.05, 3.63) is 23.9 Å². The van der Waals surface area contributed by atoms with Gasteiger partial charge in [-0.3, -0.25) is 4.90 Å². The predicted molar refractivity (Wildman–Crippen MR) is 100.0 cm³/mol. The lowest BCUT2D eigenvalue weighted by atomic mass is 9.94. The third-order valence-corrected chi connectivity index (χ3v) is 4.75. The van der Waals surface area contributed by atoms with Crippen molar-refractivity contribution in [3.63, 3.8) is 0 Å². The molecule has 1 aromatic heterocycles. The van der Waals surface area contributed by atoms with Gasteiger partial charge in [0.15, 0.2) is 0 Å². The molecule has 1 aromatic rings. The lowest BCUT2D eigenvalue weighted by molar-refractivity contribution is 0.132. The smallest absolute Gasteiger partial charge is 0.133 e. The summed E-state index contributed by atoms with van der Waals surface area (Å²) in [6.45, 7) is 16.1. The number of nitrogens with zero attached hydrogens (tertiary/aromatic N) is 3. The maximum Gasteiger partial charge on any atom is 0.133 e. The van der Waals surface area contributed by atoms with Gasteiger partial charge in [0, 0.05) is 36.4 Å². The summed E-state index contributed by atoms with van der Waals surface area (Å²) in [4.78, 5) is 9.97. The third kappa shape index (κ3) is 4.47.